The monoisotopic (exact) mass is 328 g/mol. The van der Waals surface area contributed by atoms with E-state index in [2.05, 4.69) is 59.0 Å². The molecule has 0 aliphatic heterocycles. The lowest BCUT2D eigenvalue weighted by Crippen LogP contribution is -2.31. The molecule has 0 heterocycles. The van der Waals surface area contributed by atoms with Gasteiger partial charge in [-0.2, -0.15) is 0 Å². The second kappa shape index (κ2) is 5.32. The van der Waals surface area contributed by atoms with Crippen molar-refractivity contribution in [3.05, 3.63) is 45.6 Å². The number of halogens is 1. The number of aliphatic hydroxyl groups excluding tert-OH is 1. The molecule has 2 rings (SSSR count). The molecule has 0 unspecified atom stereocenters. The second-order valence-electron chi connectivity index (χ2n) is 4.47. The van der Waals surface area contributed by atoms with Gasteiger partial charge < -0.3 is 5.11 Å². The lowest BCUT2D eigenvalue weighted by molar-refractivity contribution is 0.176. The van der Waals surface area contributed by atoms with E-state index in [0.717, 1.165) is 25.7 Å². The van der Waals surface area contributed by atoms with Crippen LogP contribution in [0.4, 0.5) is 0 Å². The Morgan fingerprint density at radius 3 is 2.31 bits per heavy atom. The van der Waals surface area contributed by atoms with E-state index in [4.69, 9.17) is 0 Å². The van der Waals surface area contributed by atoms with Gasteiger partial charge in [-0.05, 0) is 59.9 Å². The van der Waals surface area contributed by atoms with Crippen molar-refractivity contribution in [2.75, 3.05) is 6.61 Å². The van der Waals surface area contributed by atoms with Crippen molar-refractivity contribution in [1.82, 2.24) is 0 Å². The summed E-state index contributed by atoms with van der Waals surface area (Å²) in [6.07, 6.45) is 8.75. The fourth-order valence-electron chi connectivity index (χ4n) is 2.48. The molecule has 0 spiro atoms. The van der Waals surface area contributed by atoms with Crippen molar-refractivity contribution in [2.45, 2.75) is 31.1 Å². The van der Waals surface area contributed by atoms with Gasteiger partial charge in [0.05, 0.1) is 6.61 Å². The Bertz CT molecular complexity index is 374. The van der Waals surface area contributed by atoms with E-state index in [1.807, 2.05) is 0 Å². The highest BCUT2D eigenvalue weighted by atomic mass is 127. The molecule has 2 heteroatoms. The lowest BCUT2D eigenvalue weighted by atomic mass is 9.75. The molecule has 1 aromatic rings. The Balaban J connectivity index is 2.37. The van der Waals surface area contributed by atoms with E-state index in [-0.39, 0.29) is 12.0 Å². The SMILES string of the molecule is OCC1(c2ccccc2I)CCC=CCC1. The summed E-state index contributed by atoms with van der Waals surface area (Å²) >= 11 is 2.38. The third-order valence-electron chi connectivity index (χ3n) is 3.49. The van der Waals surface area contributed by atoms with Gasteiger partial charge >= 0.3 is 0 Å². The molecule has 0 saturated carbocycles. The van der Waals surface area contributed by atoms with Crippen LogP contribution >= 0.6 is 22.6 Å². The summed E-state index contributed by atoms with van der Waals surface area (Å²) in [5.74, 6) is 0. The number of benzene rings is 1. The summed E-state index contributed by atoms with van der Waals surface area (Å²) in [6, 6.07) is 8.44. The molecule has 1 nitrogen and oxygen atoms in total. The second-order valence-corrected chi connectivity index (χ2v) is 5.63. The van der Waals surface area contributed by atoms with Crippen LogP contribution in [0.1, 0.15) is 31.2 Å². The van der Waals surface area contributed by atoms with E-state index in [0.29, 0.717) is 0 Å². The summed E-state index contributed by atoms with van der Waals surface area (Å²) < 4.78 is 1.27. The van der Waals surface area contributed by atoms with Crippen LogP contribution in [-0.2, 0) is 5.41 Å². The predicted octanol–water partition coefficient (Wildman–Crippen LogP) is 3.65. The molecule has 0 atom stereocenters. The standard InChI is InChI=1S/C14H17IO/c15-13-8-4-3-7-12(13)14(11-16)9-5-1-2-6-10-14/h1-4,7-8,16H,5-6,9-11H2. The van der Waals surface area contributed by atoms with Crippen LogP contribution in [-0.4, -0.2) is 11.7 Å². The molecule has 0 radical (unpaired) electrons. The lowest BCUT2D eigenvalue weighted by Gasteiger charge is -2.32. The van der Waals surface area contributed by atoms with Gasteiger partial charge in [0.25, 0.3) is 0 Å². The smallest absolute Gasteiger partial charge is 0.0528 e. The third kappa shape index (κ3) is 2.33. The Morgan fingerprint density at radius 1 is 1.12 bits per heavy atom. The zero-order chi connectivity index (χ0) is 11.4. The van der Waals surface area contributed by atoms with Crippen LogP contribution in [0.3, 0.4) is 0 Å². The summed E-state index contributed by atoms with van der Waals surface area (Å²) in [5, 5.41) is 9.81. The van der Waals surface area contributed by atoms with Crippen molar-refractivity contribution in [3.8, 4) is 0 Å². The number of rotatable bonds is 2. The summed E-state index contributed by atoms with van der Waals surface area (Å²) in [5.41, 5.74) is 1.29. The molecular formula is C14H17IO. The van der Waals surface area contributed by atoms with Crippen LogP contribution in [0.2, 0.25) is 0 Å². The predicted molar refractivity (Wildman–Crippen MR) is 75.5 cm³/mol. The molecule has 0 saturated heterocycles. The molecule has 1 aliphatic carbocycles. The average Bonchev–Trinajstić information content (AvgIpc) is 2.56. The van der Waals surface area contributed by atoms with Gasteiger partial charge in [-0.3, -0.25) is 0 Å². The molecule has 0 amide bonds. The van der Waals surface area contributed by atoms with Crippen molar-refractivity contribution in [3.63, 3.8) is 0 Å². The van der Waals surface area contributed by atoms with Gasteiger partial charge in [-0.25, -0.2) is 0 Å². The van der Waals surface area contributed by atoms with Crippen LogP contribution in [0.5, 0.6) is 0 Å². The minimum Gasteiger partial charge on any atom is -0.395 e. The molecule has 16 heavy (non-hydrogen) atoms. The summed E-state index contributed by atoms with van der Waals surface area (Å²) in [4.78, 5) is 0. The van der Waals surface area contributed by atoms with E-state index < -0.39 is 0 Å². The number of hydrogen-bond donors (Lipinski definition) is 1. The Labute approximate surface area is 111 Å². The Morgan fingerprint density at radius 2 is 1.75 bits per heavy atom. The first-order chi connectivity index (χ1) is 7.78. The molecular weight excluding hydrogens is 311 g/mol. The molecule has 1 N–H and O–H groups in total. The van der Waals surface area contributed by atoms with Gasteiger partial charge in [-0.15, -0.1) is 0 Å². The molecule has 0 aromatic heterocycles. The highest BCUT2D eigenvalue weighted by Crippen LogP contribution is 2.38. The van der Waals surface area contributed by atoms with Crippen LogP contribution < -0.4 is 0 Å². The van der Waals surface area contributed by atoms with Gasteiger partial charge in [0.2, 0.25) is 0 Å². The molecule has 1 aliphatic rings. The van der Waals surface area contributed by atoms with E-state index >= 15 is 0 Å². The molecule has 86 valence electrons. The maximum absolute atomic E-state index is 9.81. The minimum atomic E-state index is -0.0265. The minimum absolute atomic E-state index is 0.0265. The molecule has 0 bridgehead atoms. The normalized spacial score (nSPS) is 19.4. The molecule has 0 fully saturated rings. The Kier molecular flexibility index (Phi) is 4.03. The average molecular weight is 328 g/mol. The summed E-state index contributed by atoms with van der Waals surface area (Å²) in [6.45, 7) is 0.259. The largest absolute Gasteiger partial charge is 0.395 e. The van der Waals surface area contributed by atoms with Crippen LogP contribution in [0.25, 0.3) is 0 Å². The molecule has 1 aromatic carbocycles. The van der Waals surface area contributed by atoms with Gasteiger partial charge in [0.15, 0.2) is 0 Å². The van der Waals surface area contributed by atoms with E-state index in [9.17, 15) is 5.11 Å². The van der Waals surface area contributed by atoms with Crippen molar-refractivity contribution < 1.29 is 5.11 Å². The van der Waals surface area contributed by atoms with Crippen LogP contribution in [0.15, 0.2) is 36.4 Å². The van der Waals surface area contributed by atoms with Crippen molar-refractivity contribution in [2.24, 2.45) is 0 Å². The van der Waals surface area contributed by atoms with E-state index in [1.165, 1.54) is 9.13 Å². The highest BCUT2D eigenvalue weighted by molar-refractivity contribution is 14.1. The summed E-state index contributed by atoms with van der Waals surface area (Å²) in [7, 11) is 0. The fraction of sp³-hybridized carbons (Fsp3) is 0.429. The third-order valence-corrected chi connectivity index (χ3v) is 4.43. The first-order valence-corrected chi connectivity index (χ1v) is 6.87. The maximum Gasteiger partial charge on any atom is 0.0528 e. The van der Waals surface area contributed by atoms with Gasteiger partial charge in [0.1, 0.15) is 0 Å². The highest BCUT2D eigenvalue weighted by Gasteiger charge is 2.32. The van der Waals surface area contributed by atoms with Gasteiger partial charge in [0, 0.05) is 8.99 Å². The number of hydrogen-bond acceptors (Lipinski definition) is 1. The number of aliphatic hydroxyl groups is 1. The quantitative estimate of drug-likeness (QED) is 0.649. The topological polar surface area (TPSA) is 20.2 Å². The Hall–Kier alpha value is -0.350. The fourth-order valence-corrected chi connectivity index (χ4v) is 3.44. The maximum atomic E-state index is 9.81. The zero-order valence-electron chi connectivity index (χ0n) is 9.32. The zero-order valence-corrected chi connectivity index (χ0v) is 11.5. The van der Waals surface area contributed by atoms with Crippen molar-refractivity contribution in [1.29, 1.82) is 0 Å². The first-order valence-electron chi connectivity index (χ1n) is 5.79. The van der Waals surface area contributed by atoms with Gasteiger partial charge in [-0.1, -0.05) is 30.4 Å². The van der Waals surface area contributed by atoms with Crippen molar-refractivity contribution >= 4 is 22.6 Å². The number of allylic oxidation sites excluding steroid dienone is 2. The first kappa shape index (κ1) is 12.1. The van der Waals surface area contributed by atoms with Crippen LogP contribution in [0, 0.1) is 3.57 Å². The van der Waals surface area contributed by atoms with E-state index in [1.54, 1.807) is 0 Å².